The van der Waals surface area contributed by atoms with Crippen molar-refractivity contribution >= 4 is 26.7 Å². The molecule has 2 atom stereocenters. The highest BCUT2D eigenvalue weighted by molar-refractivity contribution is 7.88. The third-order valence-corrected chi connectivity index (χ3v) is 8.17. The molecule has 0 spiro atoms. The minimum Gasteiger partial charge on any atom is -0.374 e. The number of anilines is 1. The molecule has 1 saturated heterocycles. The van der Waals surface area contributed by atoms with Gasteiger partial charge in [-0.15, -0.1) is 5.10 Å². The standard InChI is InChI=1S/C25H34N6O3S/c1-30-23-10-9-20(14-21(23)15-27-30)19-7-5-18(6-8-19)17-34-24-16-31(25-4-3-12-26-28-25)13-11-22(24)29-35(2,32)33/h3-4,9-10,12,14-15,18-19,22,24,29H,5-8,11,13,16-17H2,1-2H3/t18?,19?,22-,24+/m0/s1. The average molecular weight is 499 g/mol. The predicted octanol–water partition coefficient (Wildman–Crippen LogP) is 2.85. The van der Waals surface area contributed by atoms with Crippen molar-refractivity contribution in [3.05, 3.63) is 48.3 Å². The average Bonchev–Trinajstić information content (AvgIpc) is 3.23. The van der Waals surface area contributed by atoms with E-state index in [4.69, 9.17) is 4.74 Å². The molecule has 5 rings (SSSR count). The fourth-order valence-corrected chi connectivity index (χ4v) is 6.34. The zero-order chi connectivity index (χ0) is 24.4. The highest BCUT2D eigenvalue weighted by atomic mass is 32.2. The lowest BCUT2D eigenvalue weighted by molar-refractivity contribution is -0.00130. The number of piperidine rings is 1. The van der Waals surface area contributed by atoms with Crippen LogP contribution in [0.15, 0.2) is 42.7 Å². The topological polar surface area (TPSA) is 102 Å². The number of rotatable bonds is 7. The second-order valence-corrected chi connectivity index (χ2v) is 11.8. The summed E-state index contributed by atoms with van der Waals surface area (Å²) in [6.45, 7) is 1.94. The molecule has 9 nitrogen and oxygen atoms in total. The van der Waals surface area contributed by atoms with E-state index in [1.807, 2.05) is 30.1 Å². The highest BCUT2D eigenvalue weighted by Gasteiger charge is 2.33. The highest BCUT2D eigenvalue weighted by Crippen LogP contribution is 2.37. The van der Waals surface area contributed by atoms with Gasteiger partial charge in [-0.1, -0.05) is 6.07 Å². The fourth-order valence-electron chi connectivity index (χ4n) is 5.52. The van der Waals surface area contributed by atoms with E-state index in [-0.39, 0.29) is 12.1 Å². The van der Waals surface area contributed by atoms with Gasteiger partial charge in [0.1, 0.15) is 0 Å². The quantitative estimate of drug-likeness (QED) is 0.534. The molecule has 10 heteroatoms. The molecule has 0 unspecified atom stereocenters. The molecule has 1 N–H and O–H groups in total. The first-order valence-corrected chi connectivity index (χ1v) is 14.3. The van der Waals surface area contributed by atoms with Gasteiger partial charge < -0.3 is 9.64 Å². The van der Waals surface area contributed by atoms with Gasteiger partial charge in [0.15, 0.2) is 5.82 Å². The molecule has 35 heavy (non-hydrogen) atoms. The lowest BCUT2D eigenvalue weighted by Crippen LogP contribution is -2.55. The number of fused-ring (bicyclic) bond motifs is 1. The van der Waals surface area contributed by atoms with Crippen LogP contribution in [0.2, 0.25) is 0 Å². The number of sulfonamides is 1. The molecule has 1 aromatic carbocycles. The summed E-state index contributed by atoms with van der Waals surface area (Å²) in [4.78, 5) is 2.13. The number of nitrogens with one attached hydrogen (secondary N) is 1. The van der Waals surface area contributed by atoms with Crippen LogP contribution in [0.25, 0.3) is 10.9 Å². The Morgan fingerprint density at radius 2 is 1.97 bits per heavy atom. The minimum atomic E-state index is -3.32. The molecule has 188 valence electrons. The smallest absolute Gasteiger partial charge is 0.209 e. The van der Waals surface area contributed by atoms with Crippen molar-refractivity contribution in [3.63, 3.8) is 0 Å². The van der Waals surface area contributed by atoms with Crippen LogP contribution in [0.3, 0.4) is 0 Å². The van der Waals surface area contributed by atoms with Crippen LogP contribution < -0.4 is 9.62 Å². The number of nitrogens with zero attached hydrogens (tertiary/aromatic N) is 5. The molecule has 0 bridgehead atoms. The summed E-state index contributed by atoms with van der Waals surface area (Å²) in [6.07, 6.45) is 9.74. The molecule has 1 saturated carbocycles. The van der Waals surface area contributed by atoms with E-state index in [1.165, 1.54) is 17.2 Å². The monoisotopic (exact) mass is 498 g/mol. The fraction of sp³-hybridized carbons (Fsp3) is 0.560. The number of benzene rings is 1. The van der Waals surface area contributed by atoms with Crippen molar-refractivity contribution in [1.29, 1.82) is 0 Å². The summed E-state index contributed by atoms with van der Waals surface area (Å²) < 4.78 is 35.0. The van der Waals surface area contributed by atoms with Crippen LogP contribution in [-0.2, 0) is 21.8 Å². The first-order chi connectivity index (χ1) is 16.9. The lowest BCUT2D eigenvalue weighted by Gasteiger charge is -2.39. The molecule has 0 amide bonds. The first-order valence-electron chi connectivity index (χ1n) is 12.4. The molecule has 3 aromatic rings. The van der Waals surface area contributed by atoms with Gasteiger partial charge >= 0.3 is 0 Å². The van der Waals surface area contributed by atoms with E-state index < -0.39 is 10.0 Å². The van der Waals surface area contributed by atoms with Crippen molar-refractivity contribution < 1.29 is 13.2 Å². The van der Waals surface area contributed by atoms with E-state index in [0.29, 0.717) is 38.0 Å². The molecule has 1 aliphatic heterocycles. The number of hydrogen-bond donors (Lipinski definition) is 1. The second kappa shape index (κ2) is 10.2. The normalized spacial score (nSPS) is 25.7. The Balaban J connectivity index is 1.18. The van der Waals surface area contributed by atoms with E-state index in [0.717, 1.165) is 37.0 Å². The Morgan fingerprint density at radius 3 is 2.71 bits per heavy atom. The SMILES string of the molecule is Cn1ncc2cc(C3CCC(CO[C@@H]4CN(c5cccnn5)CC[C@@H]4NS(C)(=O)=O)CC3)ccc21. The second-order valence-electron chi connectivity index (χ2n) is 9.99. The summed E-state index contributed by atoms with van der Waals surface area (Å²) in [5, 5.41) is 13.8. The van der Waals surface area contributed by atoms with Crippen LogP contribution in [0.4, 0.5) is 5.82 Å². The van der Waals surface area contributed by atoms with Crippen LogP contribution in [0.1, 0.15) is 43.6 Å². The van der Waals surface area contributed by atoms with Gasteiger partial charge in [0.05, 0.1) is 30.1 Å². The molecular weight excluding hydrogens is 464 g/mol. The van der Waals surface area contributed by atoms with Gasteiger partial charge in [-0.2, -0.15) is 10.2 Å². The largest absolute Gasteiger partial charge is 0.374 e. The Kier molecular flexibility index (Phi) is 7.04. The summed E-state index contributed by atoms with van der Waals surface area (Å²) in [7, 11) is -1.34. The number of aryl methyl sites for hydroxylation is 1. The van der Waals surface area contributed by atoms with Crippen molar-refractivity contribution in [2.45, 2.75) is 50.2 Å². The van der Waals surface area contributed by atoms with Gasteiger partial charge in [-0.05, 0) is 73.8 Å². The van der Waals surface area contributed by atoms with Gasteiger partial charge in [-0.25, -0.2) is 13.1 Å². The third kappa shape index (κ3) is 5.82. The van der Waals surface area contributed by atoms with E-state index >= 15 is 0 Å². The maximum atomic E-state index is 11.9. The number of ether oxygens (including phenoxy) is 1. The Morgan fingerprint density at radius 1 is 1.14 bits per heavy atom. The van der Waals surface area contributed by atoms with Crippen molar-refractivity contribution in [2.75, 3.05) is 30.9 Å². The molecule has 1 aliphatic carbocycles. The summed E-state index contributed by atoms with van der Waals surface area (Å²) in [6, 6.07) is 10.3. The van der Waals surface area contributed by atoms with Crippen LogP contribution in [-0.4, -0.2) is 66.5 Å². The molecule has 0 radical (unpaired) electrons. The van der Waals surface area contributed by atoms with Gasteiger partial charge in [0, 0.05) is 38.3 Å². The van der Waals surface area contributed by atoms with Crippen molar-refractivity contribution in [2.24, 2.45) is 13.0 Å². The maximum absolute atomic E-state index is 11.9. The van der Waals surface area contributed by atoms with Crippen molar-refractivity contribution in [3.8, 4) is 0 Å². The van der Waals surface area contributed by atoms with Gasteiger partial charge in [0.2, 0.25) is 10.0 Å². The summed E-state index contributed by atoms with van der Waals surface area (Å²) in [5.41, 5.74) is 2.56. The molecule has 2 fully saturated rings. The van der Waals surface area contributed by atoms with E-state index in [1.54, 1.807) is 6.20 Å². The molecule has 2 aromatic heterocycles. The molecule has 3 heterocycles. The summed E-state index contributed by atoms with van der Waals surface area (Å²) in [5.74, 6) is 1.85. The van der Waals surface area contributed by atoms with Gasteiger partial charge in [0.25, 0.3) is 0 Å². The van der Waals surface area contributed by atoms with E-state index in [2.05, 4.69) is 43.1 Å². The number of aromatic nitrogens is 4. The first kappa shape index (κ1) is 24.1. The maximum Gasteiger partial charge on any atom is 0.209 e. The minimum absolute atomic E-state index is 0.230. The Labute approximate surface area is 206 Å². The predicted molar refractivity (Wildman–Crippen MR) is 136 cm³/mol. The summed E-state index contributed by atoms with van der Waals surface area (Å²) >= 11 is 0. The Hall–Kier alpha value is -2.56. The Bertz CT molecular complexity index is 1240. The zero-order valence-corrected chi connectivity index (χ0v) is 21.2. The van der Waals surface area contributed by atoms with E-state index in [9.17, 15) is 8.42 Å². The molecule has 2 aliphatic rings. The van der Waals surface area contributed by atoms with Crippen LogP contribution in [0, 0.1) is 5.92 Å². The van der Waals surface area contributed by atoms with Gasteiger partial charge in [-0.3, -0.25) is 4.68 Å². The van der Waals surface area contributed by atoms with Crippen LogP contribution >= 0.6 is 0 Å². The lowest BCUT2D eigenvalue weighted by atomic mass is 9.79. The van der Waals surface area contributed by atoms with Crippen LogP contribution in [0.5, 0.6) is 0 Å². The number of hydrogen-bond acceptors (Lipinski definition) is 7. The molecular formula is C25H34N6O3S. The van der Waals surface area contributed by atoms with Crippen molar-refractivity contribution in [1.82, 2.24) is 24.7 Å². The zero-order valence-electron chi connectivity index (χ0n) is 20.4. The third-order valence-electron chi connectivity index (χ3n) is 7.44.